The van der Waals surface area contributed by atoms with Gasteiger partial charge in [-0.3, -0.25) is 0 Å². The maximum Gasteiger partial charge on any atom is 0.347 e. The lowest BCUT2D eigenvalue weighted by Crippen LogP contribution is -2.37. The summed E-state index contributed by atoms with van der Waals surface area (Å²) in [5, 5.41) is 12.8. The molecule has 6 heteroatoms. The van der Waals surface area contributed by atoms with E-state index in [-0.39, 0.29) is 5.92 Å². The summed E-state index contributed by atoms with van der Waals surface area (Å²) in [6.45, 7) is 4.47. The van der Waals surface area contributed by atoms with Crippen molar-refractivity contribution in [2.75, 3.05) is 6.54 Å². The van der Waals surface area contributed by atoms with Gasteiger partial charge in [-0.2, -0.15) is 0 Å². The van der Waals surface area contributed by atoms with Gasteiger partial charge < -0.3 is 19.6 Å². The van der Waals surface area contributed by atoms with Crippen LogP contribution in [0.3, 0.4) is 0 Å². The molecule has 0 fully saturated rings. The smallest absolute Gasteiger partial charge is 0.347 e. The molecule has 6 nitrogen and oxygen atoms in total. The molecule has 1 heterocycles. The van der Waals surface area contributed by atoms with E-state index in [2.05, 4.69) is 17.4 Å². The highest BCUT2D eigenvalue weighted by molar-refractivity contribution is 5.76. The fraction of sp³-hybridized carbons (Fsp3) is 0.259. The minimum Gasteiger partial charge on any atom is -0.478 e. The molecule has 4 aromatic rings. The number of fused-ring (bicyclic) bond motifs is 1. The summed E-state index contributed by atoms with van der Waals surface area (Å²) in [7, 11) is 0. The van der Waals surface area contributed by atoms with Crippen molar-refractivity contribution in [3.8, 4) is 5.75 Å². The van der Waals surface area contributed by atoms with Gasteiger partial charge in [0.2, 0.25) is 5.89 Å². The Balaban J connectivity index is 1.41. The normalized spacial score (nSPS) is 12.5. The van der Waals surface area contributed by atoms with Crippen molar-refractivity contribution in [3.05, 3.63) is 95.9 Å². The third kappa shape index (κ3) is 5.59. The molecule has 33 heavy (non-hydrogen) atoms. The van der Waals surface area contributed by atoms with E-state index in [9.17, 15) is 9.90 Å². The van der Waals surface area contributed by atoms with Crippen LogP contribution in [0.2, 0.25) is 0 Å². The first-order valence-corrected chi connectivity index (χ1v) is 11.0. The summed E-state index contributed by atoms with van der Waals surface area (Å²) >= 11 is 0. The highest BCUT2D eigenvalue weighted by atomic mass is 16.5. The van der Waals surface area contributed by atoms with E-state index in [1.165, 1.54) is 13.8 Å². The molecule has 0 aliphatic carbocycles. The van der Waals surface area contributed by atoms with Crippen LogP contribution in [-0.2, 0) is 11.3 Å². The molecule has 0 amide bonds. The number of hydrogen-bond acceptors (Lipinski definition) is 5. The predicted molar refractivity (Wildman–Crippen MR) is 127 cm³/mol. The van der Waals surface area contributed by atoms with Gasteiger partial charge >= 0.3 is 5.97 Å². The molecule has 0 radical (unpaired) electrons. The van der Waals surface area contributed by atoms with Crippen molar-refractivity contribution in [3.63, 3.8) is 0 Å². The zero-order chi connectivity index (χ0) is 23.3. The summed E-state index contributed by atoms with van der Waals surface area (Å²) in [5.41, 5.74) is 2.56. The van der Waals surface area contributed by atoms with Crippen molar-refractivity contribution in [2.24, 2.45) is 0 Å². The Morgan fingerprint density at radius 1 is 1.06 bits per heavy atom. The second-order valence-corrected chi connectivity index (χ2v) is 8.51. The monoisotopic (exact) mass is 444 g/mol. The lowest BCUT2D eigenvalue weighted by Gasteiger charge is -2.21. The maximum atomic E-state index is 11.3. The second-order valence-electron chi connectivity index (χ2n) is 8.51. The maximum absolute atomic E-state index is 11.3. The number of hydrogen-bond donors (Lipinski definition) is 2. The highest BCUT2D eigenvalue weighted by Crippen LogP contribution is 2.29. The molecule has 0 saturated carbocycles. The minimum atomic E-state index is -1.28. The van der Waals surface area contributed by atoms with Crippen molar-refractivity contribution >= 4 is 17.1 Å². The SMILES string of the molecule is CC(C)(Oc1cccc(CNCCC(c2ccccc2)c2nc3ccccc3o2)c1)C(=O)O. The first-order valence-electron chi connectivity index (χ1n) is 11.0. The number of oxazole rings is 1. The molecule has 170 valence electrons. The fourth-order valence-corrected chi connectivity index (χ4v) is 3.69. The predicted octanol–water partition coefficient (Wildman–Crippen LogP) is 5.38. The Kier molecular flexibility index (Phi) is 6.75. The van der Waals surface area contributed by atoms with E-state index < -0.39 is 11.6 Å². The average Bonchev–Trinajstić information content (AvgIpc) is 3.23. The van der Waals surface area contributed by atoms with Gasteiger partial charge in [0.15, 0.2) is 11.2 Å². The zero-order valence-electron chi connectivity index (χ0n) is 18.8. The van der Waals surface area contributed by atoms with Gasteiger partial charge in [0.05, 0.1) is 5.92 Å². The summed E-state index contributed by atoms with van der Waals surface area (Å²) < 4.78 is 11.7. The van der Waals surface area contributed by atoms with Gasteiger partial charge in [0.1, 0.15) is 11.3 Å². The molecule has 4 rings (SSSR count). The molecule has 3 aromatic carbocycles. The van der Waals surface area contributed by atoms with Gasteiger partial charge in [0.25, 0.3) is 0 Å². The average molecular weight is 445 g/mol. The van der Waals surface area contributed by atoms with Crippen LogP contribution >= 0.6 is 0 Å². The Hall–Kier alpha value is -3.64. The largest absolute Gasteiger partial charge is 0.478 e. The number of para-hydroxylation sites is 2. The van der Waals surface area contributed by atoms with Gasteiger partial charge in [-0.25, -0.2) is 9.78 Å². The van der Waals surface area contributed by atoms with Crippen molar-refractivity contribution in [1.29, 1.82) is 0 Å². The summed E-state index contributed by atoms with van der Waals surface area (Å²) in [4.78, 5) is 16.1. The molecule has 0 bridgehead atoms. The van der Waals surface area contributed by atoms with Gasteiger partial charge in [-0.1, -0.05) is 54.6 Å². The van der Waals surface area contributed by atoms with Crippen molar-refractivity contribution in [2.45, 2.75) is 38.3 Å². The van der Waals surface area contributed by atoms with Crippen LogP contribution < -0.4 is 10.1 Å². The number of nitrogens with zero attached hydrogens (tertiary/aromatic N) is 1. The summed E-state index contributed by atoms with van der Waals surface area (Å²) in [6.07, 6.45) is 0.819. The van der Waals surface area contributed by atoms with E-state index in [4.69, 9.17) is 14.1 Å². The number of carboxylic acids is 1. The van der Waals surface area contributed by atoms with Crippen LogP contribution in [0, 0.1) is 0 Å². The standard InChI is InChI=1S/C27H28N2O4/c1-27(2,26(30)31)33-21-12-8-9-19(17-21)18-28-16-15-22(20-10-4-3-5-11-20)25-29-23-13-6-7-14-24(23)32-25/h3-14,17,22,28H,15-16,18H2,1-2H3,(H,30,31). The molecule has 0 spiro atoms. The number of nitrogens with one attached hydrogen (secondary N) is 1. The van der Waals surface area contributed by atoms with Crippen molar-refractivity contribution in [1.82, 2.24) is 10.3 Å². The molecule has 0 saturated heterocycles. The molecule has 0 aliphatic rings. The molecule has 1 unspecified atom stereocenters. The third-order valence-corrected chi connectivity index (χ3v) is 5.54. The Bertz CT molecular complexity index is 1180. The second kappa shape index (κ2) is 9.88. The summed E-state index contributed by atoms with van der Waals surface area (Å²) in [5.74, 6) is 0.292. The van der Waals surface area contributed by atoms with Crippen LogP contribution in [0.5, 0.6) is 5.75 Å². The van der Waals surface area contributed by atoms with E-state index in [1.54, 1.807) is 6.07 Å². The number of aromatic nitrogens is 1. The Labute approximate surface area is 193 Å². The fourth-order valence-electron chi connectivity index (χ4n) is 3.69. The lowest BCUT2D eigenvalue weighted by molar-refractivity contribution is -0.152. The molecular formula is C27H28N2O4. The number of carbonyl (C=O) groups is 1. The van der Waals surface area contributed by atoms with Crippen LogP contribution in [0.1, 0.15) is 43.2 Å². The Morgan fingerprint density at radius 3 is 2.58 bits per heavy atom. The molecule has 2 N–H and O–H groups in total. The molecular weight excluding hydrogens is 416 g/mol. The number of aliphatic carboxylic acids is 1. The minimum absolute atomic E-state index is 0.0390. The van der Waals surface area contributed by atoms with Crippen LogP contribution in [0.15, 0.2) is 83.3 Å². The van der Waals surface area contributed by atoms with Crippen molar-refractivity contribution < 1.29 is 19.1 Å². The molecule has 0 aliphatic heterocycles. The van der Waals surface area contributed by atoms with E-state index in [1.807, 2.05) is 60.7 Å². The molecule has 1 atom stereocenters. The molecule has 1 aromatic heterocycles. The number of rotatable bonds is 10. The van der Waals surface area contributed by atoms with Gasteiger partial charge in [0, 0.05) is 6.54 Å². The number of benzene rings is 3. The number of ether oxygens (including phenoxy) is 1. The topological polar surface area (TPSA) is 84.6 Å². The first kappa shape index (κ1) is 22.6. The quantitative estimate of drug-likeness (QED) is 0.319. The first-order chi connectivity index (χ1) is 15.9. The van der Waals surface area contributed by atoms with Gasteiger partial charge in [-0.05, 0) is 62.2 Å². The third-order valence-electron chi connectivity index (χ3n) is 5.54. The summed E-state index contributed by atoms with van der Waals surface area (Å²) in [6, 6.07) is 25.6. The van der Waals surface area contributed by atoms with Crippen LogP contribution in [0.25, 0.3) is 11.1 Å². The zero-order valence-corrected chi connectivity index (χ0v) is 18.8. The Morgan fingerprint density at radius 2 is 1.82 bits per heavy atom. The van der Waals surface area contributed by atoms with E-state index in [0.717, 1.165) is 41.1 Å². The van der Waals surface area contributed by atoms with Gasteiger partial charge in [-0.15, -0.1) is 0 Å². The highest BCUT2D eigenvalue weighted by Gasteiger charge is 2.29. The van der Waals surface area contributed by atoms with Crippen LogP contribution in [0.4, 0.5) is 0 Å². The van der Waals surface area contributed by atoms with Crippen LogP contribution in [-0.4, -0.2) is 28.2 Å². The lowest BCUT2D eigenvalue weighted by atomic mass is 9.95. The van der Waals surface area contributed by atoms with E-state index >= 15 is 0 Å². The number of carboxylic acid groups (broad SMARTS) is 1. The van der Waals surface area contributed by atoms with E-state index in [0.29, 0.717) is 12.3 Å².